The van der Waals surface area contributed by atoms with Crippen LogP contribution in [-0.4, -0.2) is 30.8 Å². The number of hydrogen-bond acceptors (Lipinski definition) is 6. The molecule has 0 unspecified atom stereocenters. The number of rotatable bonds is 5. The molecule has 174 valence electrons. The van der Waals surface area contributed by atoms with Gasteiger partial charge in [0, 0.05) is 30.7 Å². The van der Waals surface area contributed by atoms with Crippen LogP contribution in [0.4, 0.5) is 16.3 Å². The Morgan fingerprint density at radius 3 is 2.34 bits per heavy atom. The summed E-state index contributed by atoms with van der Waals surface area (Å²) in [5.74, 6) is 0.432. The molecule has 0 fully saturated rings. The van der Waals surface area contributed by atoms with E-state index in [9.17, 15) is 4.79 Å². The van der Waals surface area contributed by atoms with Crippen LogP contribution in [0.1, 0.15) is 0 Å². The maximum absolute atomic E-state index is 12.4. The molecule has 4 aromatic heterocycles. The fourth-order valence-electron chi connectivity index (χ4n) is 3.69. The number of amides is 2. The quantitative estimate of drug-likeness (QED) is 0.214. The van der Waals surface area contributed by atoms with E-state index in [1.165, 1.54) is 12.1 Å². The summed E-state index contributed by atoms with van der Waals surface area (Å²) >= 11 is 11.8. The predicted octanol–water partition coefficient (Wildman–Crippen LogP) is 5.55. The standard InChI is InChI=1S/C24H18Cl2N8O/c1-34-23-21(22(33-34)15-7-9-27-10-8-15)17(14-5-3-2-4-6-14)13-20(30-23)31-32-24(35)28-16-11-18(25)29-19(26)12-16/h2-13H,1H3,(H,30,31)(H2,28,29,32,35). The monoisotopic (exact) mass is 504 g/mol. The Morgan fingerprint density at radius 2 is 1.63 bits per heavy atom. The van der Waals surface area contributed by atoms with Gasteiger partial charge in [-0.15, -0.1) is 0 Å². The van der Waals surface area contributed by atoms with Gasteiger partial charge in [-0.1, -0.05) is 53.5 Å². The summed E-state index contributed by atoms with van der Waals surface area (Å²) in [4.78, 5) is 25.1. The number of aryl methyl sites for hydroxylation is 1. The second kappa shape index (κ2) is 9.57. The number of halogens is 2. The third-order valence-electron chi connectivity index (χ3n) is 5.16. The van der Waals surface area contributed by atoms with Crippen molar-refractivity contribution in [3.05, 3.63) is 83.4 Å². The van der Waals surface area contributed by atoms with Gasteiger partial charge in [-0.2, -0.15) is 5.10 Å². The van der Waals surface area contributed by atoms with Crippen LogP contribution in [-0.2, 0) is 7.05 Å². The van der Waals surface area contributed by atoms with Crippen LogP contribution < -0.4 is 16.2 Å². The van der Waals surface area contributed by atoms with E-state index in [4.69, 9.17) is 33.3 Å². The zero-order valence-corrected chi connectivity index (χ0v) is 19.8. The number of nitrogens with zero attached hydrogens (tertiary/aromatic N) is 5. The highest BCUT2D eigenvalue weighted by atomic mass is 35.5. The van der Waals surface area contributed by atoms with E-state index >= 15 is 0 Å². The Hall–Kier alpha value is -4.21. The number of fused-ring (bicyclic) bond motifs is 1. The highest BCUT2D eigenvalue weighted by Crippen LogP contribution is 2.36. The minimum atomic E-state index is -0.533. The Bertz CT molecular complexity index is 1500. The highest BCUT2D eigenvalue weighted by Gasteiger charge is 2.18. The van der Waals surface area contributed by atoms with Crippen LogP contribution in [0.25, 0.3) is 33.4 Å². The SMILES string of the molecule is Cn1nc(-c2ccncc2)c2c(-c3ccccc3)cc(NNC(=O)Nc3cc(Cl)nc(Cl)c3)nc21. The van der Waals surface area contributed by atoms with Crippen LogP contribution in [0.5, 0.6) is 0 Å². The van der Waals surface area contributed by atoms with Gasteiger partial charge in [0.05, 0.1) is 5.39 Å². The molecule has 4 heterocycles. The van der Waals surface area contributed by atoms with Gasteiger partial charge in [0.25, 0.3) is 0 Å². The number of urea groups is 1. The van der Waals surface area contributed by atoms with Crippen molar-refractivity contribution < 1.29 is 4.79 Å². The molecule has 1 aromatic carbocycles. The first kappa shape index (κ1) is 22.6. The van der Waals surface area contributed by atoms with Gasteiger partial charge in [0.1, 0.15) is 21.8 Å². The van der Waals surface area contributed by atoms with E-state index in [0.717, 1.165) is 27.8 Å². The van der Waals surface area contributed by atoms with E-state index in [1.54, 1.807) is 17.1 Å². The van der Waals surface area contributed by atoms with Crippen molar-refractivity contribution in [2.45, 2.75) is 0 Å². The molecule has 0 radical (unpaired) electrons. The lowest BCUT2D eigenvalue weighted by molar-refractivity contribution is 0.254. The van der Waals surface area contributed by atoms with E-state index < -0.39 is 6.03 Å². The molecule has 0 aliphatic carbocycles. The Balaban J connectivity index is 1.50. The number of hydrazine groups is 1. The van der Waals surface area contributed by atoms with Crippen LogP contribution >= 0.6 is 23.2 Å². The van der Waals surface area contributed by atoms with Gasteiger partial charge >= 0.3 is 6.03 Å². The molecule has 35 heavy (non-hydrogen) atoms. The molecule has 2 amide bonds. The van der Waals surface area contributed by atoms with Crippen LogP contribution in [0.2, 0.25) is 10.3 Å². The summed E-state index contributed by atoms with van der Waals surface area (Å²) < 4.78 is 1.71. The molecule has 11 heteroatoms. The normalized spacial score (nSPS) is 10.8. The minimum absolute atomic E-state index is 0.168. The number of carbonyl (C=O) groups is 1. The number of anilines is 2. The van der Waals surface area contributed by atoms with Crippen LogP contribution in [0.3, 0.4) is 0 Å². The fourth-order valence-corrected chi connectivity index (χ4v) is 4.15. The first-order valence-electron chi connectivity index (χ1n) is 10.5. The van der Waals surface area contributed by atoms with Gasteiger partial charge in [0.15, 0.2) is 5.65 Å². The second-order valence-electron chi connectivity index (χ2n) is 7.53. The summed E-state index contributed by atoms with van der Waals surface area (Å²) in [6, 6.07) is 18.0. The average molecular weight is 505 g/mol. The molecule has 0 bridgehead atoms. The van der Waals surface area contributed by atoms with Gasteiger partial charge in [-0.05, 0) is 41.5 Å². The van der Waals surface area contributed by atoms with Crippen LogP contribution in [0.15, 0.2) is 73.1 Å². The molecule has 3 N–H and O–H groups in total. The third kappa shape index (κ3) is 4.86. The number of pyridine rings is 3. The lowest BCUT2D eigenvalue weighted by atomic mass is 10.00. The number of benzene rings is 1. The Morgan fingerprint density at radius 1 is 0.914 bits per heavy atom. The van der Waals surface area contributed by atoms with E-state index in [-0.39, 0.29) is 10.3 Å². The lowest BCUT2D eigenvalue weighted by Crippen LogP contribution is -2.34. The van der Waals surface area contributed by atoms with Crippen molar-refractivity contribution >= 4 is 51.8 Å². The summed E-state index contributed by atoms with van der Waals surface area (Å²) in [5, 5.41) is 8.59. The molecule has 9 nitrogen and oxygen atoms in total. The van der Waals surface area contributed by atoms with Crippen molar-refractivity contribution in [3.63, 3.8) is 0 Å². The number of aromatic nitrogens is 5. The predicted molar refractivity (Wildman–Crippen MR) is 137 cm³/mol. The zero-order valence-electron chi connectivity index (χ0n) is 18.3. The molecule has 5 aromatic rings. The Kier molecular flexibility index (Phi) is 6.17. The summed E-state index contributed by atoms with van der Waals surface area (Å²) in [6.45, 7) is 0. The zero-order chi connectivity index (χ0) is 24.4. The van der Waals surface area contributed by atoms with Crippen molar-refractivity contribution in [2.75, 3.05) is 10.7 Å². The molecule has 0 aliphatic heterocycles. The fraction of sp³-hybridized carbons (Fsp3) is 0.0417. The van der Waals surface area contributed by atoms with Crippen molar-refractivity contribution in [1.82, 2.24) is 30.2 Å². The smallest absolute Gasteiger partial charge is 0.306 e. The second-order valence-corrected chi connectivity index (χ2v) is 8.31. The average Bonchev–Trinajstić information content (AvgIpc) is 3.19. The molecular formula is C24H18Cl2N8O. The molecule has 5 rings (SSSR count). The minimum Gasteiger partial charge on any atom is -0.306 e. The van der Waals surface area contributed by atoms with Crippen molar-refractivity contribution in [3.8, 4) is 22.4 Å². The maximum atomic E-state index is 12.4. The number of hydrogen-bond donors (Lipinski definition) is 3. The summed E-state index contributed by atoms with van der Waals surface area (Å²) in [7, 11) is 1.83. The van der Waals surface area contributed by atoms with Crippen LogP contribution in [0, 0.1) is 0 Å². The largest absolute Gasteiger partial charge is 0.337 e. The van der Waals surface area contributed by atoms with Gasteiger partial charge in [-0.25, -0.2) is 19.4 Å². The molecule has 0 atom stereocenters. The topological polar surface area (TPSA) is 110 Å². The van der Waals surface area contributed by atoms with E-state index in [1.807, 2.05) is 55.6 Å². The van der Waals surface area contributed by atoms with Crippen molar-refractivity contribution in [2.24, 2.45) is 7.05 Å². The van der Waals surface area contributed by atoms with Gasteiger partial charge < -0.3 is 5.32 Å². The third-order valence-corrected chi connectivity index (χ3v) is 5.54. The van der Waals surface area contributed by atoms with Gasteiger partial charge in [0.2, 0.25) is 0 Å². The molecular weight excluding hydrogens is 487 g/mol. The summed E-state index contributed by atoms with van der Waals surface area (Å²) in [6.07, 6.45) is 3.46. The molecule has 0 spiro atoms. The lowest BCUT2D eigenvalue weighted by Gasteiger charge is -2.12. The Labute approximate surface area is 210 Å². The van der Waals surface area contributed by atoms with E-state index in [2.05, 4.69) is 26.1 Å². The maximum Gasteiger partial charge on any atom is 0.337 e. The first-order valence-corrected chi connectivity index (χ1v) is 11.2. The first-order chi connectivity index (χ1) is 17.0. The van der Waals surface area contributed by atoms with Crippen molar-refractivity contribution in [1.29, 1.82) is 0 Å². The van der Waals surface area contributed by atoms with E-state index in [0.29, 0.717) is 17.2 Å². The highest BCUT2D eigenvalue weighted by molar-refractivity contribution is 6.33. The number of nitrogens with one attached hydrogen (secondary N) is 3. The number of carbonyl (C=O) groups excluding carboxylic acids is 1. The molecule has 0 saturated carbocycles. The molecule has 0 saturated heterocycles. The molecule has 0 aliphatic rings. The van der Waals surface area contributed by atoms with Gasteiger partial charge in [-0.3, -0.25) is 15.8 Å². The summed E-state index contributed by atoms with van der Waals surface area (Å²) in [5.41, 5.74) is 10.1.